The molecule has 0 aliphatic heterocycles. The van der Waals surface area contributed by atoms with E-state index in [4.69, 9.17) is 4.74 Å². The molecule has 0 spiro atoms. The molecule has 0 fully saturated rings. The molecule has 16 heavy (non-hydrogen) atoms. The Bertz CT molecular complexity index is 311. The first-order chi connectivity index (χ1) is 7.72. The fourth-order valence-electron chi connectivity index (χ4n) is 1.80. The highest BCUT2D eigenvalue weighted by atomic mass is 16.5. The van der Waals surface area contributed by atoms with Gasteiger partial charge in [0.1, 0.15) is 5.75 Å². The molecule has 3 heteroatoms. The van der Waals surface area contributed by atoms with Crippen molar-refractivity contribution in [3.05, 3.63) is 24.3 Å². The maximum atomic E-state index is 5.35. The van der Waals surface area contributed by atoms with Crippen LogP contribution >= 0.6 is 0 Å². The van der Waals surface area contributed by atoms with Gasteiger partial charge in [-0.05, 0) is 25.6 Å². The molecule has 0 radical (unpaired) electrons. The van der Waals surface area contributed by atoms with Crippen molar-refractivity contribution in [2.45, 2.75) is 19.4 Å². The van der Waals surface area contributed by atoms with Crippen LogP contribution in [0.5, 0.6) is 5.75 Å². The van der Waals surface area contributed by atoms with Crippen LogP contribution in [0, 0.1) is 0 Å². The van der Waals surface area contributed by atoms with Gasteiger partial charge in [-0.25, -0.2) is 0 Å². The van der Waals surface area contributed by atoms with Gasteiger partial charge in [0.25, 0.3) is 0 Å². The van der Waals surface area contributed by atoms with E-state index in [1.54, 1.807) is 7.11 Å². The lowest BCUT2D eigenvalue weighted by atomic mass is 10.2. The van der Waals surface area contributed by atoms with Crippen LogP contribution in [0.1, 0.15) is 13.3 Å². The number of hydrogen-bond donors (Lipinski definition) is 1. The van der Waals surface area contributed by atoms with Gasteiger partial charge in [0.15, 0.2) is 0 Å². The smallest absolute Gasteiger partial charge is 0.142 e. The van der Waals surface area contributed by atoms with Crippen molar-refractivity contribution in [3.63, 3.8) is 0 Å². The molecule has 3 nitrogen and oxygen atoms in total. The molecule has 1 rings (SSSR count). The minimum absolute atomic E-state index is 0.509. The molecule has 0 aliphatic carbocycles. The number of ether oxygens (including phenoxy) is 1. The van der Waals surface area contributed by atoms with Gasteiger partial charge in [-0.2, -0.15) is 0 Å². The zero-order chi connectivity index (χ0) is 12.0. The molecule has 1 aromatic rings. The summed E-state index contributed by atoms with van der Waals surface area (Å²) in [4.78, 5) is 2.23. The molecule has 0 aromatic heterocycles. The minimum atomic E-state index is 0.509. The Morgan fingerprint density at radius 1 is 1.38 bits per heavy atom. The largest absolute Gasteiger partial charge is 0.495 e. The van der Waals surface area contributed by atoms with Crippen molar-refractivity contribution in [1.82, 2.24) is 5.32 Å². The highest BCUT2D eigenvalue weighted by Crippen LogP contribution is 2.26. The Labute approximate surface area is 98.4 Å². The number of nitrogens with one attached hydrogen (secondary N) is 1. The highest BCUT2D eigenvalue weighted by molar-refractivity contribution is 5.57. The summed E-state index contributed by atoms with van der Waals surface area (Å²) in [5, 5.41) is 3.31. The van der Waals surface area contributed by atoms with E-state index in [1.807, 2.05) is 25.2 Å². The van der Waals surface area contributed by atoms with Gasteiger partial charge in [-0.3, -0.25) is 0 Å². The van der Waals surface area contributed by atoms with E-state index in [0.29, 0.717) is 6.04 Å². The normalized spacial score (nSPS) is 12.2. The van der Waals surface area contributed by atoms with E-state index in [-0.39, 0.29) is 0 Å². The molecule has 1 aromatic carbocycles. The predicted octanol–water partition coefficient (Wildman–Crippen LogP) is 2.13. The first-order valence-electron chi connectivity index (χ1n) is 5.74. The summed E-state index contributed by atoms with van der Waals surface area (Å²) in [7, 11) is 5.81. The van der Waals surface area contributed by atoms with E-state index in [9.17, 15) is 0 Å². The van der Waals surface area contributed by atoms with Crippen LogP contribution in [0.3, 0.4) is 0 Å². The van der Waals surface area contributed by atoms with E-state index < -0.39 is 0 Å². The second-order valence-corrected chi connectivity index (χ2v) is 3.95. The lowest BCUT2D eigenvalue weighted by molar-refractivity contribution is 0.414. The maximum Gasteiger partial charge on any atom is 0.142 e. The predicted molar refractivity (Wildman–Crippen MR) is 69.4 cm³/mol. The van der Waals surface area contributed by atoms with Crippen molar-refractivity contribution >= 4 is 5.69 Å². The van der Waals surface area contributed by atoms with E-state index in [0.717, 1.165) is 24.4 Å². The second-order valence-electron chi connectivity index (χ2n) is 3.95. The molecular formula is C13H22N2O. The Kier molecular flexibility index (Phi) is 5.12. The molecular weight excluding hydrogens is 200 g/mol. The summed E-state index contributed by atoms with van der Waals surface area (Å²) in [5.74, 6) is 0.927. The fourth-order valence-corrected chi connectivity index (χ4v) is 1.80. The number of likely N-dealkylation sites (N-methyl/N-ethyl adjacent to an activating group) is 2. The quantitative estimate of drug-likeness (QED) is 0.798. The molecule has 0 aliphatic rings. The second kappa shape index (κ2) is 6.38. The van der Waals surface area contributed by atoms with Gasteiger partial charge < -0.3 is 15.0 Å². The Balaban J connectivity index is 2.75. The third kappa shape index (κ3) is 3.14. The number of para-hydroxylation sites is 2. The molecule has 0 bridgehead atoms. The topological polar surface area (TPSA) is 24.5 Å². The average Bonchev–Trinajstić information content (AvgIpc) is 2.35. The third-order valence-corrected chi connectivity index (χ3v) is 2.89. The summed E-state index contributed by atoms with van der Waals surface area (Å²) in [6.45, 7) is 3.17. The number of anilines is 1. The Hall–Kier alpha value is -1.22. The zero-order valence-corrected chi connectivity index (χ0v) is 10.7. The molecule has 1 unspecified atom stereocenters. The fraction of sp³-hybridized carbons (Fsp3) is 0.538. The number of benzene rings is 1. The molecule has 1 atom stereocenters. The van der Waals surface area contributed by atoms with Crippen molar-refractivity contribution in [3.8, 4) is 5.75 Å². The molecule has 0 saturated carbocycles. The monoisotopic (exact) mass is 222 g/mol. The average molecular weight is 222 g/mol. The first-order valence-corrected chi connectivity index (χ1v) is 5.74. The van der Waals surface area contributed by atoms with Crippen LogP contribution in [0.2, 0.25) is 0 Å². The summed E-state index contributed by atoms with van der Waals surface area (Å²) >= 11 is 0. The number of methoxy groups -OCH3 is 1. The summed E-state index contributed by atoms with van der Waals surface area (Å²) in [6, 6.07) is 8.61. The number of rotatable bonds is 6. The van der Waals surface area contributed by atoms with Gasteiger partial charge in [-0.1, -0.05) is 19.1 Å². The van der Waals surface area contributed by atoms with Gasteiger partial charge in [-0.15, -0.1) is 0 Å². The first kappa shape index (κ1) is 12.8. The Morgan fingerprint density at radius 3 is 2.62 bits per heavy atom. The van der Waals surface area contributed by atoms with Crippen LogP contribution in [-0.4, -0.2) is 33.8 Å². The third-order valence-electron chi connectivity index (χ3n) is 2.89. The summed E-state index contributed by atoms with van der Waals surface area (Å²) in [6.07, 6.45) is 1.12. The molecule has 1 N–H and O–H groups in total. The summed E-state index contributed by atoms with van der Waals surface area (Å²) in [5.41, 5.74) is 1.14. The lowest BCUT2D eigenvalue weighted by Gasteiger charge is -2.26. The van der Waals surface area contributed by atoms with Crippen molar-refractivity contribution in [2.75, 3.05) is 32.6 Å². The summed E-state index contributed by atoms with van der Waals surface area (Å²) < 4.78 is 5.35. The van der Waals surface area contributed by atoms with Gasteiger partial charge in [0, 0.05) is 19.6 Å². The van der Waals surface area contributed by atoms with E-state index in [2.05, 4.69) is 30.3 Å². The van der Waals surface area contributed by atoms with Gasteiger partial charge in [0.2, 0.25) is 0 Å². The maximum absolute atomic E-state index is 5.35. The highest BCUT2D eigenvalue weighted by Gasteiger charge is 2.11. The zero-order valence-electron chi connectivity index (χ0n) is 10.7. The van der Waals surface area contributed by atoms with Crippen molar-refractivity contribution < 1.29 is 4.74 Å². The molecule has 0 amide bonds. The van der Waals surface area contributed by atoms with Crippen LogP contribution in [0.4, 0.5) is 5.69 Å². The molecule has 90 valence electrons. The van der Waals surface area contributed by atoms with Crippen molar-refractivity contribution in [2.24, 2.45) is 0 Å². The van der Waals surface area contributed by atoms with E-state index >= 15 is 0 Å². The van der Waals surface area contributed by atoms with Gasteiger partial charge in [0.05, 0.1) is 12.8 Å². The standard InChI is InChI=1S/C13H22N2O/c1-5-11(14-2)10-15(3)12-8-6-7-9-13(12)16-4/h6-9,11,14H,5,10H2,1-4H3. The van der Waals surface area contributed by atoms with Crippen LogP contribution in [0.15, 0.2) is 24.3 Å². The van der Waals surface area contributed by atoms with Gasteiger partial charge >= 0.3 is 0 Å². The van der Waals surface area contributed by atoms with Crippen LogP contribution in [0.25, 0.3) is 0 Å². The van der Waals surface area contributed by atoms with Crippen LogP contribution < -0.4 is 15.0 Å². The van der Waals surface area contributed by atoms with Crippen LogP contribution in [-0.2, 0) is 0 Å². The lowest BCUT2D eigenvalue weighted by Crippen LogP contribution is -2.37. The minimum Gasteiger partial charge on any atom is -0.495 e. The SMILES string of the molecule is CCC(CN(C)c1ccccc1OC)NC. The van der Waals surface area contributed by atoms with Crippen molar-refractivity contribution in [1.29, 1.82) is 0 Å². The Morgan fingerprint density at radius 2 is 2.06 bits per heavy atom. The number of nitrogens with zero attached hydrogens (tertiary/aromatic N) is 1. The van der Waals surface area contributed by atoms with E-state index in [1.165, 1.54) is 0 Å². The number of hydrogen-bond acceptors (Lipinski definition) is 3. The molecule has 0 heterocycles. The molecule has 0 saturated heterocycles.